The second kappa shape index (κ2) is 7.77. The molecule has 31 heavy (non-hydrogen) atoms. The lowest BCUT2D eigenvalue weighted by molar-refractivity contribution is 0.0970. The zero-order valence-electron chi connectivity index (χ0n) is 16.5. The molecule has 2 N–H and O–H groups in total. The molecule has 8 heteroatoms. The number of carbonyl (C=O) groups excluding carboxylic acids is 1. The minimum atomic E-state index is -0.721. The number of ketones is 1. The highest BCUT2D eigenvalue weighted by molar-refractivity contribution is 6.31. The summed E-state index contributed by atoms with van der Waals surface area (Å²) in [7, 11) is 1.55. The Balaban J connectivity index is 1.60. The minimum absolute atomic E-state index is 0.118. The Morgan fingerprint density at radius 1 is 1.23 bits per heavy atom. The predicted octanol–water partition coefficient (Wildman–Crippen LogP) is 4.91. The zero-order chi connectivity index (χ0) is 21.4. The monoisotopic (exact) mass is 431 g/mol. The summed E-state index contributed by atoms with van der Waals surface area (Å²) >= 11 is 6.10. The number of ether oxygens (including phenoxy) is 1. The van der Waals surface area contributed by atoms with Gasteiger partial charge in [-0.15, -0.1) is 0 Å². The molecule has 0 saturated carbocycles. The van der Waals surface area contributed by atoms with Gasteiger partial charge in [0.15, 0.2) is 5.78 Å². The van der Waals surface area contributed by atoms with Gasteiger partial charge in [-0.2, -0.15) is 0 Å². The number of halogens is 1. The van der Waals surface area contributed by atoms with Crippen LogP contribution in [0.4, 0.5) is 5.69 Å². The normalized spacial score (nSPS) is 12.2. The molecule has 4 heterocycles. The number of H-pyrrole nitrogens is 1. The first-order valence-corrected chi connectivity index (χ1v) is 10.0. The number of aromatic nitrogens is 4. The van der Waals surface area contributed by atoms with E-state index in [2.05, 4.69) is 20.3 Å². The van der Waals surface area contributed by atoms with Gasteiger partial charge in [0.05, 0.1) is 12.8 Å². The number of carbonyl (C=O) groups is 1. The molecule has 1 atom stereocenters. The third-order valence-corrected chi connectivity index (χ3v) is 5.34. The van der Waals surface area contributed by atoms with Crippen molar-refractivity contribution in [3.05, 3.63) is 89.6 Å². The molecule has 0 spiro atoms. The number of hydrogen-bond donors (Lipinski definition) is 2. The van der Waals surface area contributed by atoms with E-state index < -0.39 is 6.04 Å². The Labute approximate surface area is 182 Å². The van der Waals surface area contributed by atoms with Crippen LogP contribution in [-0.4, -0.2) is 32.2 Å². The van der Waals surface area contributed by atoms with Gasteiger partial charge in [0.25, 0.3) is 0 Å². The van der Waals surface area contributed by atoms with Gasteiger partial charge >= 0.3 is 0 Å². The van der Waals surface area contributed by atoms with Crippen molar-refractivity contribution in [2.75, 3.05) is 12.4 Å². The predicted molar refractivity (Wildman–Crippen MR) is 120 cm³/mol. The van der Waals surface area contributed by atoms with E-state index >= 15 is 0 Å². The minimum Gasteiger partial charge on any atom is -0.481 e. The Kier molecular flexibility index (Phi) is 4.80. The van der Waals surface area contributed by atoms with Crippen molar-refractivity contribution in [3.63, 3.8) is 0 Å². The molecular weight excluding hydrogens is 414 g/mol. The van der Waals surface area contributed by atoms with E-state index in [9.17, 15) is 4.79 Å². The maximum Gasteiger partial charge on any atom is 0.214 e. The fourth-order valence-electron chi connectivity index (χ4n) is 3.60. The second-order valence-corrected chi connectivity index (χ2v) is 7.49. The number of aromatic amines is 1. The van der Waals surface area contributed by atoms with Crippen LogP contribution in [0.15, 0.2) is 73.3 Å². The van der Waals surface area contributed by atoms with Gasteiger partial charge in [-0.25, -0.2) is 9.97 Å². The number of Topliss-reactive ketones (excluding diaryl/α,β-unsaturated/α-hetero) is 1. The molecule has 0 fully saturated rings. The molecule has 5 rings (SSSR count). The number of nitrogens with zero attached hydrogens (tertiary/aromatic N) is 3. The number of imidazole rings is 1. The van der Waals surface area contributed by atoms with Gasteiger partial charge in [0, 0.05) is 58.0 Å². The third kappa shape index (κ3) is 3.60. The average molecular weight is 432 g/mol. The Morgan fingerprint density at radius 3 is 2.97 bits per heavy atom. The molecule has 0 aliphatic rings. The van der Waals surface area contributed by atoms with Crippen LogP contribution in [0.3, 0.4) is 0 Å². The molecule has 0 aliphatic carbocycles. The van der Waals surface area contributed by atoms with Crippen molar-refractivity contribution in [3.8, 4) is 5.88 Å². The van der Waals surface area contributed by atoms with Crippen LogP contribution < -0.4 is 10.1 Å². The highest BCUT2D eigenvalue weighted by atomic mass is 35.5. The summed E-state index contributed by atoms with van der Waals surface area (Å²) in [6.45, 7) is 0. The molecule has 0 bridgehead atoms. The van der Waals surface area contributed by atoms with E-state index in [-0.39, 0.29) is 5.78 Å². The quantitative estimate of drug-likeness (QED) is 0.373. The van der Waals surface area contributed by atoms with Crippen molar-refractivity contribution >= 4 is 39.6 Å². The van der Waals surface area contributed by atoms with Crippen LogP contribution in [0.2, 0.25) is 5.02 Å². The highest BCUT2D eigenvalue weighted by Crippen LogP contribution is 2.29. The van der Waals surface area contributed by atoms with Crippen LogP contribution >= 0.6 is 11.6 Å². The lowest BCUT2D eigenvalue weighted by atomic mass is 10.0. The summed E-state index contributed by atoms with van der Waals surface area (Å²) < 4.78 is 7.11. The van der Waals surface area contributed by atoms with Gasteiger partial charge in [-0.1, -0.05) is 23.7 Å². The van der Waals surface area contributed by atoms with Gasteiger partial charge in [-0.3, -0.25) is 4.79 Å². The van der Waals surface area contributed by atoms with Gasteiger partial charge in [0.1, 0.15) is 11.7 Å². The maximum absolute atomic E-state index is 13.7. The van der Waals surface area contributed by atoms with E-state index in [4.69, 9.17) is 16.3 Å². The molecule has 1 unspecified atom stereocenters. The highest BCUT2D eigenvalue weighted by Gasteiger charge is 2.27. The molecule has 0 radical (unpaired) electrons. The molecule has 4 aromatic heterocycles. The van der Waals surface area contributed by atoms with E-state index in [1.807, 2.05) is 41.1 Å². The van der Waals surface area contributed by atoms with Crippen LogP contribution in [0.25, 0.3) is 16.6 Å². The number of methoxy groups -OCH3 is 1. The van der Waals surface area contributed by atoms with Gasteiger partial charge in [-0.05, 0) is 30.3 Å². The van der Waals surface area contributed by atoms with Crippen LogP contribution in [0.1, 0.15) is 22.1 Å². The molecule has 0 amide bonds. The van der Waals surface area contributed by atoms with Crippen molar-refractivity contribution in [1.82, 2.24) is 19.4 Å². The molecule has 0 saturated heterocycles. The summed E-state index contributed by atoms with van der Waals surface area (Å²) in [4.78, 5) is 25.7. The zero-order valence-corrected chi connectivity index (χ0v) is 17.3. The summed E-state index contributed by atoms with van der Waals surface area (Å²) in [6.07, 6.45) is 7.09. The lowest BCUT2D eigenvalue weighted by Gasteiger charge is -2.17. The first-order chi connectivity index (χ1) is 15.1. The topological polar surface area (TPSA) is 84.3 Å². The largest absolute Gasteiger partial charge is 0.481 e. The first-order valence-electron chi connectivity index (χ1n) is 9.63. The van der Waals surface area contributed by atoms with E-state index in [0.717, 1.165) is 16.6 Å². The molecule has 1 aromatic carbocycles. The number of benzene rings is 1. The standard InChI is InChI=1S/C23H18ClN5O2/c1-31-21-11-15(7-8-25-21)27-22(19-13-29-9-3-2-4-20(29)28-19)23(30)17-12-26-18-10-14(24)5-6-16(17)18/h2-13,22,26H,1H3,(H,25,27). The van der Waals surface area contributed by atoms with Crippen molar-refractivity contribution in [1.29, 1.82) is 0 Å². The molecule has 0 aliphatic heterocycles. The number of pyridine rings is 2. The smallest absolute Gasteiger partial charge is 0.214 e. The van der Waals surface area contributed by atoms with Gasteiger partial charge < -0.3 is 19.4 Å². The third-order valence-electron chi connectivity index (χ3n) is 5.10. The fourth-order valence-corrected chi connectivity index (χ4v) is 3.77. The molecule has 7 nitrogen and oxygen atoms in total. The lowest BCUT2D eigenvalue weighted by Crippen LogP contribution is -2.21. The Hall–Kier alpha value is -3.84. The van der Waals surface area contributed by atoms with E-state index in [0.29, 0.717) is 27.8 Å². The second-order valence-electron chi connectivity index (χ2n) is 7.05. The number of rotatable bonds is 6. The SMILES string of the molecule is COc1cc(NC(C(=O)c2c[nH]c3cc(Cl)ccc23)c2cn3ccccc3n2)ccn1. The Morgan fingerprint density at radius 2 is 2.13 bits per heavy atom. The summed E-state index contributed by atoms with van der Waals surface area (Å²) in [6, 6.07) is 13.9. The summed E-state index contributed by atoms with van der Waals surface area (Å²) in [5.74, 6) is 0.334. The fraction of sp³-hybridized carbons (Fsp3) is 0.0870. The molecule has 154 valence electrons. The number of anilines is 1. The van der Waals surface area contributed by atoms with Crippen molar-refractivity contribution < 1.29 is 9.53 Å². The summed E-state index contributed by atoms with van der Waals surface area (Å²) in [5, 5.41) is 4.72. The molecule has 5 aromatic rings. The van der Waals surface area contributed by atoms with Crippen molar-refractivity contribution in [2.24, 2.45) is 0 Å². The maximum atomic E-state index is 13.7. The number of fused-ring (bicyclic) bond motifs is 2. The number of nitrogens with one attached hydrogen (secondary N) is 2. The first kappa shape index (κ1) is 19.1. The number of hydrogen-bond acceptors (Lipinski definition) is 5. The van der Waals surface area contributed by atoms with Crippen LogP contribution in [-0.2, 0) is 0 Å². The molecular formula is C23H18ClN5O2. The summed E-state index contributed by atoms with van der Waals surface area (Å²) in [5.41, 5.74) is 3.42. The van der Waals surface area contributed by atoms with Crippen LogP contribution in [0, 0.1) is 0 Å². The van der Waals surface area contributed by atoms with E-state index in [1.165, 1.54) is 0 Å². The van der Waals surface area contributed by atoms with Gasteiger partial charge in [0.2, 0.25) is 5.88 Å². The van der Waals surface area contributed by atoms with E-state index in [1.54, 1.807) is 43.8 Å². The van der Waals surface area contributed by atoms with Crippen molar-refractivity contribution in [2.45, 2.75) is 6.04 Å². The van der Waals surface area contributed by atoms with Crippen LogP contribution in [0.5, 0.6) is 5.88 Å². The Bertz CT molecular complexity index is 1370. The average Bonchev–Trinajstić information content (AvgIpc) is 3.40.